The lowest BCUT2D eigenvalue weighted by atomic mass is 9.99. The van der Waals surface area contributed by atoms with Gasteiger partial charge in [-0.05, 0) is 54.8 Å². The number of fused-ring (bicyclic) bond motifs is 1. The summed E-state index contributed by atoms with van der Waals surface area (Å²) >= 11 is 12.5. The van der Waals surface area contributed by atoms with E-state index in [0.29, 0.717) is 34.3 Å². The fourth-order valence-corrected chi connectivity index (χ4v) is 4.27. The second-order valence-corrected chi connectivity index (χ2v) is 8.66. The van der Waals surface area contributed by atoms with Crippen LogP contribution < -0.4 is 10.1 Å². The summed E-state index contributed by atoms with van der Waals surface area (Å²) in [7, 11) is 1.57. The Morgan fingerprint density at radius 3 is 2.56 bits per heavy atom. The highest BCUT2D eigenvalue weighted by Crippen LogP contribution is 2.40. The van der Waals surface area contributed by atoms with E-state index in [9.17, 15) is 9.18 Å². The van der Waals surface area contributed by atoms with Gasteiger partial charge in [0.05, 0.1) is 18.4 Å². The van der Waals surface area contributed by atoms with Crippen molar-refractivity contribution in [2.45, 2.75) is 13.3 Å². The van der Waals surface area contributed by atoms with Crippen LogP contribution >= 0.6 is 23.2 Å². The topological polar surface area (TPSA) is 51.5 Å². The van der Waals surface area contributed by atoms with Crippen LogP contribution in [0.25, 0.3) is 27.7 Å². The van der Waals surface area contributed by atoms with Gasteiger partial charge in [0.15, 0.2) is 0 Å². The molecule has 0 saturated carbocycles. The summed E-state index contributed by atoms with van der Waals surface area (Å²) in [5.74, 6) is 0.0785. The van der Waals surface area contributed by atoms with E-state index >= 15 is 0 Å². The molecule has 1 N–H and O–H groups in total. The molecule has 0 saturated heterocycles. The number of allylic oxidation sites excluding steroid dienone is 1. The molecule has 0 aliphatic rings. The SMILES string of the molecule is COc1cc2occ(-c3ccc(Cl)cc3Cl)c2cc1/C(C)=C/C(=O)NCCc1ccc(F)cc1. The van der Waals surface area contributed by atoms with E-state index in [0.717, 1.165) is 33.2 Å². The van der Waals surface area contributed by atoms with Gasteiger partial charge in [-0.3, -0.25) is 4.79 Å². The number of ether oxygens (including phenoxy) is 1. The van der Waals surface area contributed by atoms with Gasteiger partial charge in [0.25, 0.3) is 0 Å². The number of hydrogen-bond acceptors (Lipinski definition) is 3. The molecule has 0 radical (unpaired) electrons. The number of carbonyl (C=O) groups excluding carboxylic acids is 1. The van der Waals surface area contributed by atoms with Crippen molar-refractivity contribution in [1.82, 2.24) is 5.32 Å². The van der Waals surface area contributed by atoms with Crippen LogP contribution in [0.3, 0.4) is 0 Å². The van der Waals surface area contributed by atoms with Crippen molar-refractivity contribution in [2.75, 3.05) is 13.7 Å². The highest BCUT2D eigenvalue weighted by Gasteiger charge is 2.16. The van der Waals surface area contributed by atoms with Crippen molar-refractivity contribution in [3.05, 3.63) is 93.9 Å². The minimum Gasteiger partial charge on any atom is -0.496 e. The first kappa shape index (κ1) is 23.9. The smallest absolute Gasteiger partial charge is 0.244 e. The van der Waals surface area contributed by atoms with Crippen LogP contribution in [0.15, 0.2) is 71.4 Å². The van der Waals surface area contributed by atoms with E-state index in [1.807, 2.05) is 19.1 Å². The van der Waals surface area contributed by atoms with Crippen LogP contribution in [0.5, 0.6) is 5.75 Å². The number of amides is 1. The minimum absolute atomic E-state index is 0.227. The molecule has 4 aromatic rings. The van der Waals surface area contributed by atoms with Gasteiger partial charge in [0, 0.05) is 45.8 Å². The van der Waals surface area contributed by atoms with Gasteiger partial charge in [-0.2, -0.15) is 0 Å². The molecule has 1 aromatic heterocycles. The third-order valence-corrected chi connectivity index (χ3v) is 6.06. The summed E-state index contributed by atoms with van der Waals surface area (Å²) in [6.45, 7) is 2.28. The van der Waals surface area contributed by atoms with Crippen LogP contribution in [0.4, 0.5) is 4.39 Å². The number of hydrogen-bond donors (Lipinski definition) is 1. The Balaban J connectivity index is 1.58. The third-order valence-electron chi connectivity index (χ3n) is 5.52. The molecule has 0 spiro atoms. The van der Waals surface area contributed by atoms with Gasteiger partial charge < -0.3 is 14.5 Å². The highest BCUT2D eigenvalue weighted by molar-refractivity contribution is 6.36. The molecule has 0 aliphatic carbocycles. The van der Waals surface area contributed by atoms with Gasteiger partial charge in [0.2, 0.25) is 5.91 Å². The van der Waals surface area contributed by atoms with Gasteiger partial charge >= 0.3 is 0 Å². The molecule has 4 nitrogen and oxygen atoms in total. The lowest BCUT2D eigenvalue weighted by molar-refractivity contribution is -0.116. The Bertz CT molecular complexity index is 1380. The Labute approximate surface area is 206 Å². The molecule has 0 unspecified atom stereocenters. The Morgan fingerprint density at radius 2 is 1.85 bits per heavy atom. The van der Waals surface area contributed by atoms with Crippen LogP contribution in [0.2, 0.25) is 10.0 Å². The molecule has 0 atom stereocenters. The predicted molar refractivity (Wildman–Crippen MR) is 135 cm³/mol. The molecular formula is C27H22Cl2FNO3. The lowest BCUT2D eigenvalue weighted by Crippen LogP contribution is -2.23. The first-order chi connectivity index (χ1) is 16.4. The summed E-state index contributed by atoms with van der Waals surface area (Å²) in [5, 5.41) is 4.77. The van der Waals surface area contributed by atoms with E-state index in [2.05, 4.69) is 5.32 Å². The monoisotopic (exact) mass is 497 g/mol. The molecular weight excluding hydrogens is 476 g/mol. The van der Waals surface area contributed by atoms with Crippen molar-refractivity contribution in [1.29, 1.82) is 0 Å². The van der Waals surface area contributed by atoms with Crippen LogP contribution in [-0.4, -0.2) is 19.6 Å². The molecule has 34 heavy (non-hydrogen) atoms. The van der Waals surface area contributed by atoms with E-state index in [4.69, 9.17) is 32.4 Å². The van der Waals surface area contributed by atoms with Crippen LogP contribution in [0, 0.1) is 5.82 Å². The van der Waals surface area contributed by atoms with Crippen molar-refractivity contribution in [2.24, 2.45) is 0 Å². The number of rotatable bonds is 7. The number of nitrogens with one attached hydrogen (secondary N) is 1. The summed E-state index contributed by atoms with van der Waals surface area (Å²) in [5.41, 5.74) is 4.68. The maximum absolute atomic E-state index is 13.0. The summed E-state index contributed by atoms with van der Waals surface area (Å²) in [4.78, 5) is 12.5. The molecule has 0 aliphatic heterocycles. The van der Waals surface area contributed by atoms with Gasteiger partial charge in [-0.15, -0.1) is 0 Å². The number of methoxy groups -OCH3 is 1. The average molecular weight is 498 g/mol. The highest BCUT2D eigenvalue weighted by atomic mass is 35.5. The molecule has 0 fully saturated rings. The van der Waals surface area contributed by atoms with E-state index in [1.54, 1.807) is 43.7 Å². The van der Waals surface area contributed by atoms with Crippen molar-refractivity contribution in [3.63, 3.8) is 0 Å². The maximum atomic E-state index is 13.0. The molecule has 174 valence electrons. The van der Waals surface area contributed by atoms with E-state index in [1.165, 1.54) is 18.2 Å². The largest absolute Gasteiger partial charge is 0.496 e. The first-order valence-electron chi connectivity index (χ1n) is 10.6. The zero-order valence-electron chi connectivity index (χ0n) is 18.6. The Kier molecular flexibility index (Phi) is 7.25. The number of halogens is 3. The predicted octanol–water partition coefficient (Wildman–Crippen LogP) is 7.32. The fraction of sp³-hybridized carbons (Fsp3) is 0.148. The molecule has 0 bridgehead atoms. The second kappa shape index (κ2) is 10.3. The van der Waals surface area contributed by atoms with Gasteiger partial charge in [-0.25, -0.2) is 4.39 Å². The average Bonchev–Trinajstić information content (AvgIpc) is 3.22. The van der Waals surface area contributed by atoms with E-state index in [-0.39, 0.29) is 11.7 Å². The van der Waals surface area contributed by atoms with Gasteiger partial charge in [0.1, 0.15) is 17.1 Å². The number of benzene rings is 3. The molecule has 4 rings (SSSR count). The molecule has 3 aromatic carbocycles. The van der Waals surface area contributed by atoms with Crippen LogP contribution in [-0.2, 0) is 11.2 Å². The maximum Gasteiger partial charge on any atom is 0.244 e. The minimum atomic E-state index is -0.281. The second-order valence-electron chi connectivity index (χ2n) is 7.82. The van der Waals surface area contributed by atoms with Crippen LogP contribution in [0.1, 0.15) is 18.1 Å². The zero-order valence-corrected chi connectivity index (χ0v) is 20.1. The third kappa shape index (κ3) is 5.27. The molecule has 1 amide bonds. The Morgan fingerprint density at radius 1 is 1.09 bits per heavy atom. The van der Waals surface area contributed by atoms with Crippen molar-refractivity contribution in [3.8, 4) is 16.9 Å². The first-order valence-corrected chi connectivity index (χ1v) is 11.4. The standard InChI is InChI=1S/C27H22Cl2FNO3/c1-16(11-27(32)31-10-9-17-3-6-19(30)7-4-17)21-13-22-23(15-34-26(22)14-25(21)33-2)20-8-5-18(28)12-24(20)29/h3-8,11-15H,9-10H2,1-2H3,(H,31,32)/b16-11+. The molecule has 7 heteroatoms. The lowest BCUT2D eigenvalue weighted by Gasteiger charge is -2.11. The van der Waals surface area contributed by atoms with Gasteiger partial charge in [-0.1, -0.05) is 41.4 Å². The number of furan rings is 1. The van der Waals surface area contributed by atoms with Crippen molar-refractivity contribution >= 4 is 45.7 Å². The summed E-state index contributed by atoms with van der Waals surface area (Å²) in [6, 6.07) is 15.2. The van der Waals surface area contributed by atoms with E-state index < -0.39 is 0 Å². The number of carbonyl (C=O) groups is 1. The molecule has 1 heterocycles. The quantitative estimate of drug-likeness (QED) is 0.272. The van der Waals surface area contributed by atoms with Crippen molar-refractivity contribution < 1.29 is 18.3 Å². The summed E-state index contributed by atoms with van der Waals surface area (Å²) < 4.78 is 24.3. The normalized spacial score (nSPS) is 11.6. The fourth-order valence-electron chi connectivity index (χ4n) is 3.76. The Hall–Kier alpha value is -3.28. The summed E-state index contributed by atoms with van der Waals surface area (Å²) in [6.07, 6.45) is 3.78. The zero-order chi connectivity index (χ0) is 24.2.